The Bertz CT molecular complexity index is 932. The third-order valence-corrected chi connectivity index (χ3v) is 3.50. The summed E-state index contributed by atoms with van der Waals surface area (Å²) in [4.78, 5) is 26.8. The maximum atomic E-state index is 12.3. The number of nitrogens with one attached hydrogen (secondary N) is 1. The number of aromatic nitrogens is 3. The Hall–Kier alpha value is -3.29. The molecule has 3 rings (SSSR count). The summed E-state index contributed by atoms with van der Waals surface area (Å²) in [5.41, 5.74) is 1.32. The van der Waals surface area contributed by atoms with Gasteiger partial charge in [0.25, 0.3) is 11.6 Å². The third kappa shape index (κ3) is 2.94. The standard InChI is InChI=1S/C16H15N5O3/c1-10(2)20-15-12(8-18-20)6-13(9-17-15)19-16(22)11-4-3-5-14(7-11)21(23)24/h3-10H,1-2H3,(H,19,22). The summed E-state index contributed by atoms with van der Waals surface area (Å²) >= 11 is 0. The van der Waals surface area contributed by atoms with E-state index in [9.17, 15) is 14.9 Å². The fourth-order valence-corrected chi connectivity index (χ4v) is 2.35. The molecule has 0 atom stereocenters. The summed E-state index contributed by atoms with van der Waals surface area (Å²) in [6.45, 7) is 4.01. The molecule has 1 N–H and O–H groups in total. The molecule has 0 aliphatic heterocycles. The molecule has 8 nitrogen and oxygen atoms in total. The summed E-state index contributed by atoms with van der Waals surface area (Å²) in [5, 5.41) is 18.6. The number of nitro groups is 1. The molecule has 8 heteroatoms. The minimum atomic E-state index is -0.537. The van der Waals surface area contributed by atoms with Crippen LogP contribution in [-0.4, -0.2) is 25.6 Å². The van der Waals surface area contributed by atoms with E-state index in [0.29, 0.717) is 5.69 Å². The average molecular weight is 325 g/mol. The number of benzene rings is 1. The number of nitro benzene ring substituents is 1. The lowest BCUT2D eigenvalue weighted by Gasteiger charge is -2.07. The molecule has 0 fully saturated rings. The summed E-state index contributed by atoms with van der Waals surface area (Å²) in [6, 6.07) is 7.51. The van der Waals surface area contributed by atoms with Crippen LogP contribution in [0.5, 0.6) is 0 Å². The van der Waals surface area contributed by atoms with E-state index in [2.05, 4.69) is 15.4 Å². The van der Waals surface area contributed by atoms with Gasteiger partial charge in [-0.3, -0.25) is 14.9 Å². The van der Waals surface area contributed by atoms with Crippen LogP contribution < -0.4 is 5.32 Å². The van der Waals surface area contributed by atoms with Crippen LogP contribution in [-0.2, 0) is 0 Å². The Kier molecular flexibility index (Phi) is 3.95. The maximum absolute atomic E-state index is 12.3. The zero-order valence-corrected chi connectivity index (χ0v) is 13.1. The number of fused-ring (bicyclic) bond motifs is 1. The average Bonchev–Trinajstić information content (AvgIpc) is 2.98. The van der Waals surface area contributed by atoms with Crippen LogP contribution in [0.3, 0.4) is 0 Å². The number of rotatable bonds is 4. The van der Waals surface area contributed by atoms with Crippen molar-refractivity contribution in [3.05, 3.63) is 58.4 Å². The summed E-state index contributed by atoms with van der Waals surface area (Å²) in [6.07, 6.45) is 3.23. The quantitative estimate of drug-likeness (QED) is 0.586. The molecule has 2 aromatic heterocycles. The van der Waals surface area contributed by atoms with Crippen LogP contribution in [0, 0.1) is 10.1 Å². The lowest BCUT2D eigenvalue weighted by Crippen LogP contribution is -2.12. The highest BCUT2D eigenvalue weighted by atomic mass is 16.6. The Labute approximate surface area is 137 Å². The number of hydrogen-bond donors (Lipinski definition) is 1. The number of carbonyl (C=O) groups excluding carboxylic acids is 1. The van der Waals surface area contributed by atoms with Crippen LogP contribution in [0.2, 0.25) is 0 Å². The van der Waals surface area contributed by atoms with Crippen LogP contribution in [0.25, 0.3) is 11.0 Å². The summed E-state index contributed by atoms with van der Waals surface area (Å²) in [5.74, 6) is -0.434. The van der Waals surface area contributed by atoms with Crippen molar-refractivity contribution < 1.29 is 9.72 Å². The van der Waals surface area contributed by atoms with Gasteiger partial charge >= 0.3 is 0 Å². The first kappa shape index (κ1) is 15.6. The SMILES string of the molecule is CC(C)n1ncc2cc(NC(=O)c3cccc([N+](=O)[O-])c3)cnc21. The van der Waals surface area contributed by atoms with Crippen LogP contribution in [0.15, 0.2) is 42.7 Å². The van der Waals surface area contributed by atoms with Crippen molar-refractivity contribution in [1.82, 2.24) is 14.8 Å². The number of anilines is 1. The molecule has 0 aliphatic rings. The van der Waals surface area contributed by atoms with Gasteiger partial charge in [-0.2, -0.15) is 5.10 Å². The molecule has 0 saturated carbocycles. The largest absolute Gasteiger partial charge is 0.321 e. The van der Waals surface area contributed by atoms with Crippen molar-refractivity contribution >= 4 is 28.3 Å². The highest BCUT2D eigenvalue weighted by Crippen LogP contribution is 2.20. The first-order valence-electron chi connectivity index (χ1n) is 7.35. The number of hydrogen-bond acceptors (Lipinski definition) is 5. The molecular weight excluding hydrogens is 310 g/mol. The first-order valence-corrected chi connectivity index (χ1v) is 7.35. The molecule has 1 amide bonds. The molecule has 0 unspecified atom stereocenters. The number of pyridine rings is 1. The van der Waals surface area contributed by atoms with Gasteiger partial charge in [-0.05, 0) is 26.0 Å². The molecule has 0 bridgehead atoms. The minimum absolute atomic E-state index is 0.130. The molecule has 3 aromatic rings. The van der Waals surface area contributed by atoms with Gasteiger partial charge in [0, 0.05) is 29.1 Å². The normalized spacial score (nSPS) is 11.0. The second-order valence-corrected chi connectivity index (χ2v) is 5.58. The molecule has 0 radical (unpaired) electrons. The van der Waals surface area contributed by atoms with E-state index in [1.807, 2.05) is 13.8 Å². The van der Waals surface area contributed by atoms with Gasteiger partial charge in [0.05, 0.1) is 23.0 Å². The molecule has 122 valence electrons. The second-order valence-electron chi connectivity index (χ2n) is 5.58. The number of nitrogens with zero attached hydrogens (tertiary/aromatic N) is 4. The van der Waals surface area contributed by atoms with Crippen LogP contribution in [0.1, 0.15) is 30.2 Å². The van der Waals surface area contributed by atoms with Gasteiger partial charge in [-0.1, -0.05) is 6.07 Å². The maximum Gasteiger partial charge on any atom is 0.270 e. The van der Waals surface area contributed by atoms with Gasteiger partial charge < -0.3 is 5.32 Å². The van der Waals surface area contributed by atoms with E-state index in [1.165, 1.54) is 30.5 Å². The number of carbonyl (C=O) groups is 1. The molecule has 0 aliphatic carbocycles. The fraction of sp³-hybridized carbons (Fsp3) is 0.188. The monoisotopic (exact) mass is 325 g/mol. The summed E-state index contributed by atoms with van der Waals surface area (Å²) < 4.78 is 1.79. The second kappa shape index (κ2) is 6.07. The van der Waals surface area contributed by atoms with Gasteiger partial charge in [0.15, 0.2) is 5.65 Å². The van der Waals surface area contributed by atoms with Crippen molar-refractivity contribution in [2.45, 2.75) is 19.9 Å². The van der Waals surface area contributed by atoms with Gasteiger partial charge in [0.1, 0.15) is 0 Å². The van der Waals surface area contributed by atoms with Gasteiger partial charge in [0.2, 0.25) is 0 Å². The third-order valence-electron chi connectivity index (χ3n) is 3.50. The van der Waals surface area contributed by atoms with Crippen molar-refractivity contribution in [1.29, 1.82) is 0 Å². The highest BCUT2D eigenvalue weighted by molar-refractivity contribution is 6.05. The minimum Gasteiger partial charge on any atom is -0.321 e. The lowest BCUT2D eigenvalue weighted by molar-refractivity contribution is -0.384. The number of non-ortho nitro benzene ring substituents is 1. The van der Waals surface area contributed by atoms with E-state index in [0.717, 1.165) is 11.0 Å². The van der Waals surface area contributed by atoms with Gasteiger partial charge in [-0.15, -0.1) is 0 Å². The van der Waals surface area contributed by atoms with E-state index in [-0.39, 0.29) is 17.3 Å². The smallest absolute Gasteiger partial charge is 0.270 e. The van der Waals surface area contributed by atoms with Crippen molar-refractivity contribution in [2.75, 3.05) is 5.32 Å². The first-order chi connectivity index (χ1) is 11.5. The summed E-state index contributed by atoms with van der Waals surface area (Å²) in [7, 11) is 0. The van der Waals surface area contributed by atoms with E-state index in [4.69, 9.17) is 0 Å². The van der Waals surface area contributed by atoms with E-state index in [1.54, 1.807) is 16.9 Å². The van der Waals surface area contributed by atoms with Crippen LogP contribution in [0.4, 0.5) is 11.4 Å². The van der Waals surface area contributed by atoms with Crippen molar-refractivity contribution in [3.63, 3.8) is 0 Å². The van der Waals surface area contributed by atoms with Crippen molar-refractivity contribution in [3.8, 4) is 0 Å². The molecular formula is C16H15N5O3. The molecule has 0 spiro atoms. The molecule has 2 heterocycles. The Morgan fingerprint density at radius 2 is 2.08 bits per heavy atom. The molecule has 24 heavy (non-hydrogen) atoms. The van der Waals surface area contributed by atoms with E-state index >= 15 is 0 Å². The van der Waals surface area contributed by atoms with E-state index < -0.39 is 10.8 Å². The molecule has 0 saturated heterocycles. The Morgan fingerprint density at radius 1 is 1.29 bits per heavy atom. The highest BCUT2D eigenvalue weighted by Gasteiger charge is 2.13. The molecule has 1 aromatic carbocycles. The predicted molar refractivity (Wildman–Crippen MR) is 89.0 cm³/mol. The zero-order valence-electron chi connectivity index (χ0n) is 13.1. The zero-order chi connectivity index (χ0) is 17.3. The Morgan fingerprint density at radius 3 is 2.79 bits per heavy atom. The topological polar surface area (TPSA) is 103 Å². The lowest BCUT2D eigenvalue weighted by atomic mass is 10.2. The fourth-order valence-electron chi connectivity index (χ4n) is 2.35. The van der Waals surface area contributed by atoms with Gasteiger partial charge in [-0.25, -0.2) is 9.67 Å². The van der Waals surface area contributed by atoms with Crippen molar-refractivity contribution in [2.24, 2.45) is 0 Å². The Balaban J connectivity index is 1.85. The van der Waals surface area contributed by atoms with Crippen LogP contribution >= 0.6 is 0 Å². The predicted octanol–water partition coefficient (Wildman–Crippen LogP) is 3.17. The number of amides is 1.